The Kier molecular flexibility index (Phi) is 54.8. The number of rotatable bonds is 53. The summed E-state index contributed by atoms with van der Waals surface area (Å²) < 4.78 is 16.7. The van der Waals surface area contributed by atoms with Gasteiger partial charge in [0, 0.05) is 19.3 Å². The van der Waals surface area contributed by atoms with Crippen LogP contribution in [0.1, 0.15) is 290 Å². The van der Waals surface area contributed by atoms with Gasteiger partial charge in [-0.1, -0.05) is 273 Å². The SMILES string of the molecule is CC/C=C\C/C=C\C/C=C\C/C=C\C/C=C\C/C=C\CCCCC(=O)OC(COC(=O)CCCCCCC)COC(=O)CCCCCCCCCCCCCCCCCCCCCCCCCCC. The van der Waals surface area contributed by atoms with Crippen LogP contribution in [0.2, 0.25) is 0 Å². The van der Waals surface area contributed by atoms with Crippen LogP contribution in [0.15, 0.2) is 72.9 Å². The number of ether oxygens (including phenoxy) is 3. The molecule has 1 atom stereocenters. The maximum absolute atomic E-state index is 12.8. The van der Waals surface area contributed by atoms with Crippen molar-refractivity contribution in [1.82, 2.24) is 0 Å². The van der Waals surface area contributed by atoms with Crippen LogP contribution in [-0.2, 0) is 28.6 Å². The van der Waals surface area contributed by atoms with Crippen molar-refractivity contribution < 1.29 is 28.6 Å². The summed E-state index contributed by atoms with van der Waals surface area (Å²) in [5, 5.41) is 0. The number of carbonyl (C=O) groups is 3. The van der Waals surface area contributed by atoms with Crippen LogP contribution in [0.25, 0.3) is 0 Å². The van der Waals surface area contributed by atoms with E-state index in [1.807, 2.05) is 0 Å². The van der Waals surface area contributed by atoms with Crippen LogP contribution < -0.4 is 0 Å². The van der Waals surface area contributed by atoms with Gasteiger partial charge in [-0.25, -0.2) is 0 Å². The summed E-state index contributed by atoms with van der Waals surface area (Å²) in [7, 11) is 0. The average molecular weight is 964 g/mol. The molecular weight excluding hydrogens is 853 g/mol. The summed E-state index contributed by atoms with van der Waals surface area (Å²) in [5.41, 5.74) is 0. The molecule has 0 aliphatic carbocycles. The van der Waals surface area contributed by atoms with Crippen LogP contribution in [0.3, 0.4) is 0 Å². The average Bonchev–Trinajstić information content (AvgIpc) is 3.35. The van der Waals surface area contributed by atoms with Crippen LogP contribution in [-0.4, -0.2) is 37.2 Å². The first-order valence-corrected chi connectivity index (χ1v) is 29.4. The highest BCUT2D eigenvalue weighted by Crippen LogP contribution is 2.17. The number of hydrogen-bond donors (Lipinski definition) is 0. The third kappa shape index (κ3) is 55.6. The van der Waals surface area contributed by atoms with E-state index >= 15 is 0 Å². The summed E-state index contributed by atoms with van der Waals surface area (Å²) in [5.74, 6) is -0.941. The van der Waals surface area contributed by atoms with E-state index in [0.29, 0.717) is 19.3 Å². The lowest BCUT2D eigenvalue weighted by Gasteiger charge is -2.18. The molecule has 0 amide bonds. The molecule has 398 valence electrons. The minimum absolute atomic E-state index is 0.0909. The van der Waals surface area contributed by atoms with Gasteiger partial charge in [0.25, 0.3) is 0 Å². The first-order chi connectivity index (χ1) is 34.0. The highest BCUT2D eigenvalue weighted by atomic mass is 16.6. The standard InChI is InChI=1S/C63H110O6/c1-4-7-10-13-15-17-19-21-23-25-27-29-30-31-32-34-35-37-39-41-43-45-47-50-53-56-62(65)68-59-60(58-67-61(64)55-52-49-12-9-6-3)69-63(66)57-54-51-48-46-44-42-40-38-36-33-28-26-24-22-20-18-16-14-11-8-5-2/h8,11,16,18,22,24,28,33,38,40,44,46,60H,4-7,9-10,12-15,17,19-21,23,25-27,29-32,34-37,39,41-43,45,47-59H2,1-3H3/b11-8-,18-16-,24-22-,33-28-,40-38-,46-44-. The molecule has 0 bridgehead atoms. The Bertz CT molecular complexity index is 1290. The lowest BCUT2D eigenvalue weighted by atomic mass is 10.0. The molecule has 1 unspecified atom stereocenters. The second-order valence-corrected chi connectivity index (χ2v) is 19.5. The molecule has 0 spiro atoms. The van der Waals surface area contributed by atoms with Crippen molar-refractivity contribution in [3.05, 3.63) is 72.9 Å². The Labute approximate surface area is 427 Å². The molecular formula is C63H110O6. The molecule has 0 aliphatic heterocycles. The zero-order valence-corrected chi connectivity index (χ0v) is 45.6. The number of carbonyl (C=O) groups excluding carboxylic acids is 3. The predicted molar refractivity (Wildman–Crippen MR) is 298 cm³/mol. The fraction of sp³-hybridized carbons (Fsp3) is 0.762. The molecule has 6 heteroatoms. The number of allylic oxidation sites excluding steroid dienone is 12. The fourth-order valence-corrected chi connectivity index (χ4v) is 8.33. The van der Waals surface area contributed by atoms with E-state index in [0.717, 1.165) is 96.3 Å². The van der Waals surface area contributed by atoms with Crippen LogP contribution >= 0.6 is 0 Å². The third-order valence-electron chi connectivity index (χ3n) is 12.7. The lowest BCUT2D eigenvalue weighted by Crippen LogP contribution is -2.30. The van der Waals surface area contributed by atoms with Gasteiger partial charge in [0.2, 0.25) is 0 Å². The maximum Gasteiger partial charge on any atom is 0.306 e. The highest BCUT2D eigenvalue weighted by Gasteiger charge is 2.19. The second kappa shape index (κ2) is 57.4. The Hall–Kier alpha value is -3.15. The molecule has 6 nitrogen and oxygen atoms in total. The lowest BCUT2D eigenvalue weighted by molar-refractivity contribution is -0.167. The van der Waals surface area contributed by atoms with Gasteiger partial charge < -0.3 is 14.2 Å². The van der Waals surface area contributed by atoms with Crippen molar-refractivity contribution in [2.75, 3.05) is 13.2 Å². The Balaban J connectivity index is 4.12. The summed E-state index contributed by atoms with van der Waals surface area (Å²) >= 11 is 0. The first kappa shape index (κ1) is 65.8. The molecule has 0 N–H and O–H groups in total. The maximum atomic E-state index is 12.8. The highest BCUT2D eigenvalue weighted by molar-refractivity contribution is 5.71. The normalized spacial score (nSPS) is 12.6. The molecule has 0 radical (unpaired) electrons. The third-order valence-corrected chi connectivity index (χ3v) is 12.7. The Morgan fingerprint density at radius 3 is 0.884 bits per heavy atom. The zero-order valence-electron chi connectivity index (χ0n) is 45.6. The van der Waals surface area contributed by atoms with Crippen LogP contribution in [0, 0.1) is 0 Å². The van der Waals surface area contributed by atoms with Gasteiger partial charge in [-0.3, -0.25) is 14.4 Å². The topological polar surface area (TPSA) is 78.9 Å². The molecule has 0 aromatic heterocycles. The van der Waals surface area contributed by atoms with E-state index in [9.17, 15) is 14.4 Å². The smallest absolute Gasteiger partial charge is 0.306 e. The molecule has 0 saturated heterocycles. The predicted octanol–water partition coefficient (Wildman–Crippen LogP) is 19.8. The monoisotopic (exact) mass is 963 g/mol. The summed E-state index contributed by atoms with van der Waals surface area (Å²) in [6.07, 6.45) is 73.9. The van der Waals surface area contributed by atoms with E-state index in [-0.39, 0.29) is 37.5 Å². The van der Waals surface area contributed by atoms with Crippen molar-refractivity contribution in [3.8, 4) is 0 Å². The summed E-state index contributed by atoms with van der Waals surface area (Å²) in [6, 6.07) is 0. The van der Waals surface area contributed by atoms with Crippen molar-refractivity contribution in [3.63, 3.8) is 0 Å². The number of unbranched alkanes of at least 4 members (excludes halogenated alkanes) is 30. The molecule has 69 heavy (non-hydrogen) atoms. The summed E-state index contributed by atoms with van der Waals surface area (Å²) in [4.78, 5) is 37.8. The van der Waals surface area contributed by atoms with E-state index < -0.39 is 6.10 Å². The van der Waals surface area contributed by atoms with E-state index in [1.54, 1.807) is 0 Å². The van der Waals surface area contributed by atoms with Gasteiger partial charge in [0.05, 0.1) is 0 Å². The number of hydrogen-bond acceptors (Lipinski definition) is 6. The van der Waals surface area contributed by atoms with E-state index in [1.165, 1.54) is 148 Å². The molecule has 0 aromatic rings. The molecule has 0 aliphatic rings. The molecule has 0 saturated carbocycles. The fourth-order valence-electron chi connectivity index (χ4n) is 8.33. The van der Waals surface area contributed by atoms with Crippen molar-refractivity contribution in [2.24, 2.45) is 0 Å². The minimum atomic E-state index is -0.794. The Morgan fingerprint density at radius 1 is 0.304 bits per heavy atom. The number of esters is 3. The Morgan fingerprint density at radius 2 is 0.565 bits per heavy atom. The molecule has 0 heterocycles. The van der Waals surface area contributed by atoms with Crippen molar-refractivity contribution in [2.45, 2.75) is 297 Å². The molecule has 0 rings (SSSR count). The van der Waals surface area contributed by atoms with Gasteiger partial charge in [0.15, 0.2) is 6.10 Å². The molecule has 0 aromatic carbocycles. The van der Waals surface area contributed by atoms with Gasteiger partial charge in [-0.05, 0) is 70.6 Å². The first-order valence-electron chi connectivity index (χ1n) is 29.4. The van der Waals surface area contributed by atoms with Gasteiger partial charge in [-0.2, -0.15) is 0 Å². The summed E-state index contributed by atoms with van der Waals surface area (Å²) in [6.45, 7) is 6.43. The van der Waals surface area contributed by atoms with Crippen molar-refractivity contribution in [1.29, 1.82) is 0 Å². The molecule has 0 fully saturated rings. The van der Waals surface area contributed by atoms with E-state index in [2.05, 4.69) is 93.7 Å². The van der Waals surface area contributed by atoms with Gasteiger partial charge in [-0.15, -0.1) is 0 Å². The minimum Gasteiger partial charge on any atom is -0.462 e. The van der Waals surface area contributed by atoms with Gasteiger partial charge >= 0.3 is 17.9 Å². The van der Waals surface area contributed by atoms with Crippen LogP contribution in [0.4, 0.5) is 0 Å². The van der Waals surface area contributed by atoms with E-state index in [4.69, 9.17) is 14.2 Å². The van der Waals surface area contributed by atoms with Crippen LogP contribution in [0.5, 0.6) is 0 Å². The van der Waals surface area contributed by atoms with Gasteiger partial charge in [0.1, 0.15) is 13.2 Å². The van der Waals surface area contributed by atoms with Crippen molar-refractivity contribution >= 4 is 17.9 Å². The zero-order chi connectivity index (χ0) is 50.0. The largest absolute Gasteiger partial charge is 0.462 e. The second-order valence-electron chi connectivity index (χ2n) is 19.5. The quantitative estimate of drug-likeness (QED) is 0.0262.